The van der Waals surface area contributed by atoms with Crippen molar-refractivity contribution in [2.75, 3.05) is 68.9 Å². The van der Waals surface area contributed by atoms with Gasteiger partial charge in [-0.05, 0) is 125 Å². The van der Waals surface area contributed by atoms with Crippen LogP contribution in [0.15, 0.2) is 102 Å². The number of rotatable bonds is 16. The van der Waals surface area contributed by atoms with Gasteiger partial charge in [-0.1, -0.05) is 63.8 Å². The normalized spacial score (nSPS) is 13.4. The van der Waals surface area contributed by atoms with Gasteiger partial charge in [-0.3, -0.25) is 29.2 Å². The first kappa shape index (κ1) is 50.2. The molecule has 0 bridgehead atoms. The van der Waals surface area contributed by atoms with E-state index in [1.54, 1.807) is 18.3 Å². The van der Waals surface area contributed by atoms with Crippen LogP contribution in [0.1, 0.15) is 58.2 Å². The summed E-state index contributed by atoms with van der Waals surface area (Å²) in [6.07, 6.45) is 6.81. The van der Waals surface area contributed by atoms with Crippen molar-refractivity contribution in [1.29, 1.82) is 0 Å². The molecule has 2 aliphatic heterocycles. The SMILES string of the molecule is CC(=O)O.Nc1nc(Nc2ccc(OCCN3CCCC3)cc2)sc1C(=O)c1cccc(F)c1.O=C(CBr)c1cccc(F)c1.S=CC=Nc1ccc(OCCN2CCCC2)cc1. The summed E-state index contributed by atoms with van der Waals surface area (Å²) in [5.74, 6) is -0.305. The molecule has 12 nitrogen and oxygen atoms in total. The molecule has 0 spiro atoms. The fourth-order valence-electron chi connectivity index (χ4n) is 6.15. The Kier molecular flexibility index (Phi) is 22.0. The predicted molar refractivity (Wildman–Crippen MR) is 255 cm³/mol. The second kappa shape index (κ2) is 27.6. The number of nitrogen functional groups attached to an aromatic ring is 1. The number of carboxylic acids is 1. The Morgan fingerprint density at radius 2 is 1.33 bits per heavy atom. The van der Waals surface area contributed by atoms with E-state index in [1.165, 1.54) is 80.5 Å². The van der Waals surface area contributed by atoms with Gasteiger partial charge in [0, 0.05) is 48.4 Å². The summed E-state index contributed by atoms with van der Waals surface area (Å²) in [5.41, 5.74) is 8.27. The molecule has 0 radical (unpaired) electrons. The molecule has 0 unspecified atom stereocenters. The number of nitrogens with zero attached hydrogens (tertiary/aromatic N) is 4. The van der Waals surface area contributed by atoms with E-state index in [0.29, 0.717) is 17.3 Å². The number of carbonyl (C=O) groups is 3. The predicted octanol–water partition coefficient (Wildman–Crippen LogP) is 9.67. The lowest BCUT2D eigenvalue weighted by Crippen LogP contribution is -2.25. The van der Waals surface area contributed by atoms with Gasteiger partial charge >= 0.3 is 0 Å². The number of carboxylic acid groups (broad SMARTS) is 1. The molecule has 334 valence electrons. The van der Waals surface area contributed by atoms with Crippen LogP contribution in [0.2, 0.25) is 0 Å². The van der Waals surface area contributed by atoms with Gasteiger partial charge in [-0.2, -0.15) is 0 Å². The molecule has 4 aromatic carbocycles. The van der Waals surface area contributed by atoms with Crippen LogP contribution in [0.5, 0.6) is 11.5 Å². The quantitative estimate of drug-likeness (QED) is 0.0373. The topological polar surface area (TPSA) is 160 Å². The average Bonchev–Trinajstić information content (AvgIpc) is 4.08. The lowest BCUT2D eigenvalue weighted by molar-refractivity contribution is -0.134. The number of thiocarbonyl (C=S) groups is 1. The number of nitrogens with one attached hydrogen (secondary N) is 1. The number of aromatic nitrogens is 1. The molecule has 0 aliphatic carbocycles. The molecule has 17 heteroatoms. The van der Waals surface area contributed by atoms with E-state index < -0.39 is 11.8 Å². The van der Waals surface area contributed by atoms with Gasteiger partial charge in [0.15, 0.2) is 10.9 Å². The van der Waals surface area contributed by atoms with E-state index >= 15 is 0 Å². The van der Waals surface area contributed by atoms with Crippen LogP contribution in [0.25, 0.3) is 0 Å². The summed E-state index contributed by atoms with van der Waals surface area (Å²) in [5, 5.41) is 12.8. The molecule has 63 heavy (non-hydrogen) atoms. The molecule has 0 atom stereocenters. The fraction of sp³-hybridized carbons (Fsp3) is 0.304. The van der Waals surface area contributed by atoms with Gasteiger partial charge < -0.3 is 25.6 Å². The van der Waals surface area contributed by atoms with Gasteiger partial charge in [-0.25, -0.2) is 13.8 Å². The zero-order valence-corrected chi connectivity index (χ0v) is 38.1. The van der Waals surface area contributed by atoms with Crippen LogP contribution in [0, 0.1) is 11.6 Å². The van der Waals surface area contributed by atoms with Gasteiger partial charge in [0.2, 0.25) is 5.78 Å². The van der Waals surface area contributed by atoms with E-state index in [9.17, 15) is 18.4 Å². The van der Waals surface area contributed by atoms with Crippen molar-refractivity contribution in [3.63, 3.8) is 0 Å². The third-order valence-corrected chi connectivity index (χ3v) is 10.8. The van der Waals surface area contributed by atoms with Crippen molar-refractivity contribution >= 4 is 90.9 Å². The molecule has 1 aromatic heterocycles. The highest BCUT2D eigenvalue weighted by Crippen LogP contribution is 2.30. The number of anilines is 3. The van der Waals surface area contributed by atoms with E-state index in [1.807, 2.05) is 48.5 Å². The maximum Gasteiger partial charge on any atom is 0.300 e. The lowest BCUT2D eigenvalue weighted by Gasteiger charge is -2.15. The number of carbonyl (C=O) groups excluding carboxylic acids is 2. The first-order valence-corrected chi connectivity index (χ1v) is 22.6. The summed E-state index contributed by atoms with van der Waals surface area (Å²) in [6, 6.07) is 26.5. The first-order chi connectivity index (χ1) is 30.4. The number of ether oxygens (including phenoxy) is 2. The third kappa shape index (κ3) is 18.8. The number of benzene rings is 4. The van der Waals surface area contributed by atoms with E-state index in [4.69, 9.17) is 25.1 Å². The number of Topliss-reactive ketones (excluding diaryl/α,β-unsaturated/α-hetero) is 1. The summed E-state index contributed by atoms with van der Waals surface area (Å²) in [4.78, 5) is 46.1. The zero-order chi connectivity index (χ0) is 45.4. The molecule has 0 amide bonds. The highest BCUT2D eigenvalue weighted by Gasteiger charge is 2.19. The average molecular weight is 966 g/mol. The Balaban J connectivity index is 0.000000222. The van der Waals surface area contributed by atoms with Crippen molar-refractivity contribution in [3.05, 3.63) is 125 Å². The standard InChI is InChI=1S/C22H23FN4O2S.C14H18N2OS.C8H6BrFO.C2H4O2/c23-16-5-3-4-15(14-16)19(28)20-21(24)26-22(30-20)25-17-6-8-18(9-7-17)29-13-12-27-10-1-2-11-27;18-12-7-15-13-3-5-14(6-4-13)17-11-10-16-8-1-2-9-16;9-5-8(11)6-2-1-3-7(10)4-6;1-2(3)4/h3-9,14H,1-2,10-13,24H2,(H,25,26);3-7,12H,1-2,8-11H2;1-4H,5H2;1H3,(H,3,4). The molecule has 2 saturated heterocycles. The smallest absolute Gasteiger partial charge is 0.300 e. The molecule has 2 aliphatic rings. The van der Waals surface area contributed by atoms with Crippen LogP contribution in [0.3, 0.4) is 0 Å². The van der Waals surface area contributed by atoms with Crippen molar-refractivity contribution in [3.8, 4) is 11.5 Å². The molecule has 2 fully saturated rings. The number of ketones is 2. The Labute approximate surface area is 384 Å². The van der Waals surface area contributed by atoms with Gasteiger partial charge in [0.1, 0.15) is 47.0 Å². The van der Waals surface area contributed by atoms with Crippen LogP contribution < -0.4 is 20.5 Å². The number of likely N-dealkylation sites (tertiary alicyclic amines) is 2. The molecular formula is C46H51BrF2N6O6S2. The first-order valence-electron chi connectivity index (χ1n) is 20.2. The maximum absolute atomic E-state index is 13.4. The number of thiazole rings is 1. The maximum atomic E-state index is 13.4. The summed E-state index contributed by atoms with van der Waals surface area (Å²) in [6.45, 7) is 9.22. The second-order valence-electron chi connectivity index (χ2n) is 14.0. The monoisotopic (exact) mass is 964 g/mol. The minimum Gasteiger partial charge on any atom is -0.492 e. The second-order valence-corrected chi connectivity index (χ2v) is 15.8. The fourth-order valence-corrected chi connectivity index (χ4v) is 7.40. The zero-order valence-electron chi connectivity index (χ0n) is 34.9. The number of hydrogen-bond acceptors (Lipinski definition) is 13. The summed E-state index contributed by atoms with van der Waals surface area (Å²) < 4.78 is 37.4. The van der Waals surface area contributed by atoms with Crippen molar-refractivity contribution < 1.29 is 37.7 Å². The number of halogens is 3. The van der Waals surface area contributed by atoms with E-state index in [-0.39, 0.29) is 39.0 Å². The van der Waals surface area contributed by atoms with Crippen molar-refractivity contribution in [1.82, 2.24) is 14.8 Å². The van der Waals surface area contributed by atoms with Crippen LogP contribution in [-0.2, 0) is 4.79 Å². The van der Waals surface area contributed by atoms with E-state index in [2.05, 4.69) is 53.2 Å². The highest BCUT2D eigenvalue weighted by atomic mass is 79.9. The summed E-state index contributed by atoms with van der Waals surface area (Å²) in [7, 11) is 0. The van der Waals surface area contributed by atoms with Crippen molar-refractivity contribution in [2.24, 2.45) is 4.99 Å². The molecule has 7 rings (SSSR count). The highest BCUT2D eigenvalue weighted by molar-refractivity contribution is 9.09. The van der Waals surface area contributed by atoms with Crippen LogP contribution >= 0.6 is 39.5 Å². The van der Waals surface area contributed by atoms with Crippen LogP contribution in [-0.4, -0.2) is 107 Å². The van der Waals surface area contributed by atoms with Gasteiger partial charge in [0.25, 0.3) is 5.97 Å². The number of nitrogens with two attached hydrogens (primary N) is 1. The number of aliphatic imine (C=N–C) groups is 1. The molecule has 0 saturated carbocycles. The third-order valence-electron chi connectivity index (χ3n) is 9.19. The number of aliphatic carboxylic acids is 1. The minimum atomic E-state index is -0.833. The summed E-state index contributed by atoms with van der Waals surface area (Å²) >= 11 is 8.83. The molecular weight excluding hydrogens is 915 g/mol. The Bertz CT molecular complexity index is 2230. The Hall–Kier alpha value is -5.46. The molecule has 4 N–H and O–H groups in total. The lowest BCUT2D eigenvalue weighted by atomic mass is 10.1. The number of alkyl halides is 1. The van der Waals surface area contributed by atoms with Crippen LogP contribution in [0.4, 0.5) is 31.1 Å². The molecule has 5 aromatic rings. The number of hydrogen-bond donors (Lipinski definition) is 3. The minimum absolute atomic E-state index is 0.107. The van der Waals surface area contributed by atoms with Gasteiger partial charge in [-0.15, -0.1) is 0 Å². The Morgan fingerprint density at radius 1 is 0.841 bits per heavy atom. The largest absolute Gasteiger partial charge is 0.492 e. The molecule has 3 heterocycles. The van der Waals surface area contributed by atoms with Gasteiger partial charge in [0.05, 0.1) is 11.0 Å². The van der Waals surface area contributed by atoms with E-state index in [0.717, 1.165) is 73.9 Å². The van der Waals surface area contributed by atoms with Crippen molar-refractivity contribution in [2.45, 2.75) is 32.6 Å². The Morgan fingerprint density at radius 3 is 1.83 bits per heavy atom.